The quantitative estimate of drug-likeness (QED) is 0.782. The summed E-state index contributed by atoms with van der Waals surface area (Å²) in [5, 5.41) is 7.95. The number of fused-ring (bicyclic) bond motifs is 1. The third-order valence-electron chi connectivity index (χ3n) is 3.39. The van der Waals surface area contributed by atoms with Crippen molar-refractivity contribution in [3.63, 3.8) is 0 Å². The van der Waals surface area contributed by atoms with Crippen molar-refractivity contribution >= 4 is 17.3 Å². The van der Waals surface area contributed by atoms with E-state index < -0.39 is 0 Å². The second-order valence-corrected chi connectivity index (χ2v) is 5.49. The topological polar surface area (TPSA) is 60.0 Å². The zero-order valence-corrected chi connectivity index (χ0v) is 12.6. The number of hydrogen-bond donors (Lipinski definition) is 1. The summed E-state index contributed by atoms with van der Waals surface area (Å²) in [6.45, 7) is 7.48. The number of imidazole rings is 1. The molecule has 0 aromatic carbocycles. The van der Waals surface area contributed by atoms with Crippen molar-refractivity contribution in [1.29, 1.82) is 0 Å². The second kappa shape index (κ2) is 5.55. The fraction of sp³-hybridized carbons (Fsp3) is 0.400. The Balaban J connectivity index is 1.94. The smallest absolute Gasteiger partial charge is 0.235 e. The molecule has 0 fully saturated rings. The van der Waals surface area contributed by atoms with Gasteiger partial charge in [0.2, 0.25) is 5.78 Å². The second-order valence-electron chi connectivity index (χ2n) is 5.49. The molecule has 0 bridgehead atoms. The number of hydrogen-bond acceptors (Lipinski definition) is 4. The van der Waals surface area contributed by atoms with Gasteiger partial charge in [-0.2, -0.15) is 5.10 Å². The van der Waals surface area contributed by atoms with E-state index in [-0.39, 0.29) is 0 Å². The molecule has 3 aromatic rings. The number of aromatic nitrogens is 5. The SMILES string of the molecule is CCc1c(Nc2ccnc3nccn23)cnn1CC(C)C. The zero-order chi connectivity index (χ0) is 14.8. The predicted molar refractivity (Wildman–Crippen MR) is 82.7 cm³/mol. The zero-order valence-electron chi connectivity index (χ0n) is 12.6. The maximum atomic E-state index is 4.50. The molecule has 3 rings (SSSR count). The van der Waals surface area contributed by atoms with Crippen LogP contribution in [0.3, 0.4) is 0 Å². The maximum Gasteiger partial charge on any atom is 0.235 e. The number of nitrogens with zero attached hydrogens (tertiary/aromatic N) is 5. The van der Waals surface area contributed by atoms with Crippen LogP contribution >= 0.6 is 0 Å². The first-order chi connectivity index (χ1) is 10.2. The minimum Gasteiger partial charge on any atom is -0.338 e. The van der Waals surface area contributed by atoms with Crippen molar-refractivity contribution in [2.45, 2.75) is 33.7 Å². The summed E-state index contributed by atoms with van der Waals surface area (Å²) in [5.74, 6) is 2.20. The summed E-state index contributed by atoms with van der Waals surface area (Å²) in [7, 11) is 0. The van der Waals surface area contributed by atoms with Crippen LogP contribution < -0.4 is 5.32 Å². The Morgan fingerprint density at radius 1 is 1.24 bits per heavy atom. The van der Waals surface area contributed by atoms with Crippen LogP contribution in [0, 0.1) is 5.92 Å². The van der Waals surface area contributed by atoms with Crippen LogP contribution in [0.1, 0.15) is 26.5 Å². The Kier molecular flexibility index (Phi) is 3.60. The lowest BCUT2D eigenvalue weighted by molar-refractivity contribution is 0.470. The van der Waals surface area contributed by atoms with E-state index in [1.807, 2.05) is 22.9 Å². The maximum absolute atomic E-state index is 4.50. The van der Waals surface area contributed by atoms with E-state index in [9.17, 15) is 0 Å². The highest BCUT2D eigenvalue weighted by Crippen LogP contribution is 2.22. The van der Waals surface area contributed by atoms with Crippen LogP contribution in [0.15, 0.2) is 30.9 Å². The van der Waals surface area contributed by atoms with Crippen molar-refractivity contribution in [3.8, 4) is 0 Å². The van der Waals surface area contributed by atoms with E-state index in [1.54, 1.807) is 12.4 Å². The molecule has 0 saturated carbocycles. The van der Waals surface area contributed by atoms with Gasteiger partial charge in [0.15, 0.2) is 0 Å². The summed E-state index contributed by atoms with van der Waals surface area (Å²) in [6.07, 6.45) is 8.23. The van der Waals surface area contributed by atoms with E-state index in [0.29, 0.717) is 11.7 Å². The van der Waals surface area contributed by atoms with E-state index >= 15 is 0 Å². The average molecular weight is 284 g/mol. The van der Waals surface area contributed by atoms with Crippen LogP contribution in [0.4, 0.5) is 11.5 Å². The first-order valence-corrected chi connectivity index (χ1v) is 7.28. The third-order valence-corrected chi connectivity index (χ3v) is 3.39. The molecule has 0 amide bonds. The lowest BCUT2D eigenvalue weighted by atomic mass is 10.2. The molecular weight excluding hydrogens is 264 g/mol. The lowest BCUT2D eigenvalue weighted by Crippen LogP contribution is -2.10. The molecule has 0 atom stereocenters. The van der Waals surface area contributed by atoms with E-state index in [2.05, 4.69) is 45.8 Å². The lowest BCUT2D eigenvalue weighted by Gasteiger charge is -2.12. The molecule has 0 radical (unpaired) electrons. The first kappa shape index (κ1) is 13.6. The minimum absolute atomic E-state index is 0.573. The van der Waals surface area contributed by atoms with E-state index in [0.717, 1.165) is 24.5 Å². The highest BCUT2D eigenvalue weighted by molar-refractivity contribution is 5.60. The highest BCUT2D eigenvalue weighted by Gasteiger charge is 2.11. The van der Waals surface area contributed by atoms with Crippen molar-refractivity contribution in [3.05, 3.63) is 36.5 Å². The normalized spacial score (nSPS) is 11.4. The summed E-state index contributed by atoms with van der Waals surface area (Å²) >= 11 is 0. The van der Waals surface area contributed by atoms with Gasteiger partial charge in [-0.1, -0.05) is 20.8 Å². The summed E-state index contributed by atoms with van der Waals surface area (Å²) in [4.78, 5) is 8.42. The monoisotopic (exact) mass is 284 g/mol. The van der Waals surface area contributed by atoms with Crippen LogP contribution in [-0.2, 0) is 13.0 Å². The van der Waals surface area contributed by atoms with E-state index in [1.165, 1.54) is 5.69 Å². The largest absolute Gasteiger partial charge is 0.338 e. The fourth-order valence-corrected chi connectivity index (χ4v) is 2.47. The van der Waals surface area contributed by atoms with Crippen molar-refractivity contribution < 1.29 is 0 Å². The Morgan fingerprint density at radius 3 is 2.81 bits per heavy atom. The molecule has 6 nitrogen and oxygen atoms in total. The standard InChI is InChI=1S/C15H20N6/c1-4-13-12(9-18-21(13)10-11(2)3)19-14-5-6-16-15-17-7-8-20(14)15/h5-9,11,19H,4,10H2,1-3H3. The van der Waals surface area contributed by atoms with Gasteiger partial charge in [0, 0.05) is 25.1 Å². The average Bonchev–Trinajstić information content (AvgIpc) is 3.06. The van der Waals surface area contributed by atoms with Gasteiger partial charge in [0.25, 0.3) is 0 Å². The summed E-state index contributed by atoms with van der Waals surface area (Å²) < 4.78 is 4.01. The van der Waals surface area contributed by atoms with Crippen LogP contribution in [-0.4, -0.2) is 24.1 Å². The van der Waals surface area contributed by atoms with Gasteiger partial charge in [0.05, 0.1) is 17.6 Å². The van der Waals surface area contributed by atoms with Gasteiger partial charge in [-0.25, -0.2) is 9.97 Å². The fourth-order valence-electron chi connectivity index (χ4n) is 2.47. The predicted octanol–water partition coefficient (Wildman–Crippen LogP) is 2.89. The first-order valence-electron chi connectivity index (χ1n) is 7.28. The molecule has 0 saturated heterocycles. The van der Waals surface area contributed by atoms with Gasteiger partial charge in [-0.3, -0.25) is 9.08 Å². The molecular formula is C15H20N6. The van der Waals surface area contributed by atoms with Gasteiger partial charge >= 0.3 is 0 Å². The van der Waals surface area contributed by atoms with Gasteiger partial charge < -0.3 is 5.32 Å². The number of nitrogens with one attached hydrogen (secondary N) is 1. The van der Waals surface area contributed by atoms with Crippen molar-refractivity contribution in [2.75, 3.05) is 5.32 Å². The molecule has 3 heterocycles. The van der Waals surface area contributed by atoms with Crippen LogP contribution in [0.2, 0.25) is 0 Å². The Labute approximate surface area is 123 Å². The van der Waals surface area contributed by atoms with Crippen LogP contribution in [0.5, 0.6) is 0 Å². The van der Waals surface area contributed by atoms with Crippen molar-refractivity contribution in [1.82, 2.24) is 24.1 Å². The van der Waals surface area contributed by atoms with Gasteiger partial charge in [-0.15, -0.1) is 0 Å². The molecule has 0 aliphatic rings. The highest BCUT2D eigenvalue weighted by atomic mass is 15.3. The summed E-state index contributed by atoms with van der Waals surface area (Å²) in [5.41, 5.74) is 2.26. The Morgan fingerprint density at radius 2 is 2.05 bits per heavy atom. The minimum atomic E-state index is 0.573. The van der Waals surface area contributed by atoms with Gasteiger partial charge in [0.1, 0.15) is 5.82 Å². The number of rotatable bonds is 5. The molecule has 6 heteroatoms. The number of anilines is 2. The molecule has 0 aliphatic heterocycles. The van der Waals surface area contributed by atoms with Gasteiger partial charge in [-0.05, 0) is 18.4 Å². The third kappa shape index (κ3) is 2.61. The Hall–Kier alpha value is -2.37. The molecule has 3 aromatic heterocycles. The molecule has 0 unspecified atom stereocenters. The molecule has 110 valence electrons. The molecule has 0 spiro atoms. The molecule has 1 N–H and O–H groups in total. The Bertz CT molecular complexity index is 740. The van der Waals surface area contributed by atoms with Crippen molar-refractivity contribution in [2.24, 2.45) is 5.92 Å². The van der Waals surface area contributed by atoms with Crippen LogP contribution in [0.25, 0.3) is 5.78 Å². The molecule has 0 aliphatic carbocycles. The van der Waals surface area contributed by atoms with E-state index in [4.69, 9.17) is 0 Å². The molecule has 21 heavy (non-hydrogen) atoms. The summed E-state index contributed by atoms with van der Waals surface area (Å²) in [6, 6.07) is 1.94.